The van der Waals surface area contributed by atoms with Crippen molar-refractivity contribution < 1.29 is 14.6 Å². The lowest BCUT2D eigenvalue weighted by atomic mass is 9.72. The minimum Gasteiger partial charge on any atom is -0.452 e. The molecule has 4 heteroatoms. The molecule has 1 N–H and O–H groups in total. The lowest BCUT2D eigenvalue weighted by molar-refractivity contribution is -0.181. The van der Waals surface area contributed by atoms with Crippen LogP contribution in [0.3, 0.4) is 0 Å². The van der Waals surface area contributed by atoms with Gasteiger partial charge < -0.3 is 14.7 Å². The molecule has 1 saturated heterocycles. The summed E-state index contributed by atoms with van der Waals surface area (Å²) in [7, 11) is 0. The molecular weight excluding hydrogens is 350 g/mol. The predicted molar refractivity (Wildman–Crippen MR) is 110 cm³/mol. The fourth-order valence-electron chi connectivity index (χ4n) is 5.54. The number of carbonyl (C=O) groups is 1. The molecule has 4 rings (SSSR count). The number of aliphatic hydroxyl groups excluding tert-OH is 1. The minimum atomic E-state index is -1.10. The zero-order valence-electron chi connectivity index (χ0n) is 16.9. The summed E-state index contributed by atoms with van der Waals surface area (Å²) in [4.78, 5) is 15.2. The van der Waals surface area contributed by atoms with Gasteiger partial charge in [-0.3, -0.25) is 0 Å². The van der Waals surface area contributed by atoms with Crippen molar-refractivity contribution in [1.29, 1.82) is 0 Å². The summed E-state index contributed by atoms with van der Waals surface area (Å²) in [5.41, 5.74) is 0.406. The molecule has 5 atom stereocenters. The molecule has 0 unspecified atom stereocenters. The van der Waals surface area contributed by atoms with Gasteiger partial charge in [0.15, 0.2) is 0 Å². The van der Waals surface area contributed by atoms with Gasteiger partial charge in [-0.05, 0) is 63.1 Å². The Morgan fingerprint density at radius 1 is 1.18 bits per heavy atom. The molecule has 1 aliphatic heterocycles. The Labute approximate surface area is 168 Å². The van der Waals surface area contributed by atoms with Crippen molar-refractivity contribution in [3.05, 3.63) is 48.0 Å². The van der Waals surface area contributed by atoms with E-state index in [0.717, 1.165) is 44.5 Å². The Morgan fingerprint density at radius 3 is 2.54 bits per heavy atom. The van der Waals surface area contributed by atoms with E-state index in [2.05, 4.69) is 29.2 Å². The maximum absolute atomic E-state index is 12.6. The Bertz CT molecular complexity index is 695. The molecule has 2 bridgehead atoms. The molecule has 1 heterocycles. The topological polar surface area (TPSA) is 49.8 Å². The first-order valence-electron chi connectivity index (χ1n) is 11.0. The molecule has 28 heavy (non-hydrogen) atoms. The molecule has 0 spiro atoms. The van der Waals surface area contributed by atoms with Gasteiger partial charge in [0, 0.05) is 18.9 Å². The smallest absolute Gasteiger partial charge is 0.335 e. The highest BCUT2D eigenvalue weighted by Gasteiger charge is 2.52. The van der Waals surface area contributed by atoms with E-state index >= 15 is 0 Å². The van der Waals surface area contributed by atoms with Crippen LogP contribution in [0.15, 0.2) is 42.5 Å². The van der Waals surface area contributed by atoms with Gasteiger partial charge in [0.1, 0.15) is 11.7 Å². The largest absolute Gasteiger partial charge is 0.452 e. The minimum absolute atomic E-state index is 0.275. The second-order valence-corrected chi connectivity index (χ2v) is 8.89. The molecule has 0 aromatic heterocycles. The molecule has 1 saturated carbocycles. The summed E-state index contributed by atoms with van der Waals surface area (Å²) < 4.78 is 6.26. The third-order valence-electron chi connectivity index (χ3n) is 7.01. The van der Waals surface area contributed by atoms with Gasteiger partial charge in [-0.1, -0.05) is 48.9 Å². The van der Waals surface area contributed by atoms with Gasteiger partial charge in [0.05, 0.1) is 0 Å². The van der Waals surface area contributed by atoms with Gasteiger partial charge in [0.2, 0.25) is 0 Å². The first-order chi connectivity index (χ1) is 13.6. The van der Waals surface area contributed by atoms with E-state index in [1.165, 1.54) is 26.2 Å². The summed E-state index contributed by atoms with van der Waals surface area (Å²) in [6, 6.07) is 10.3. The van der Waals surface area contributed by atoms with Crippen LogP contribution in [0.4, 0.5) is 0 Å². The van der Waals surface area contributed by atoms with Crippen LogP contribution >= 0.6 is 0 Å². The molecule has 2 fully saturated rings. The van der Waals surface area contributed by atoms with Crippen molar-refractivity contribution in [2.24, 2.45) is 17.8 Å². The van der Waals surface area contributed by atoms with Gasteiger partial charge in [-0.25, -0.2) is 4.79 Å². The van der Waals surface area contributed by atoms with Crippen molar-refractivity contribution in [2.75, 3.05) is 19.6 Å². The van der Waals surface area contributed by atoms with Crippen LogP contribution < -0.4 is 0 Å². The Kier molecular flexibility index (Phi) is 5.88. The number of aliphatic hydroxyl groups is 1. The highest BCUT2D eigenvalue weighted by molar-refractivity contribution is 5.74. The van der Waals surface area contributed by atoms with Crippen LogP contribution in [-0.4, -0.2) is 41.7 Å². The van der Waals surface area contributed by atoms with E-state index in [4.69, 9.17) is 4.74 Å². The van der Waals surface area contributed by atoms with Crippen molar-refractivity contribution in [1.82, 2.24) is 4.90 Å². The summed E-state index contributed by atoms with van der Waals surface area (Å²) >= 11 is 0. The van der Waals surface area contributed by atoms with E-state index in [0.29, 0.717) is 11.8 Å². The average Bonchev–Trinajstić information content (AvgIpc) is 3.36. The monoisotopic (exact) mass is 383 g/mol. The number of likely N-dealkylation sites (tertiary alicyclic amines) is 1. The SMILES string of the molecule is C[C@H](O)C(=O)O[C@](CCN1CCCCC1)(c1ccccc1)[C@H]1C[C@H]2C=C[C@@H]1C2. The Morgan fingerprint density at radius 2 is 1.93 bits per heavy atom. The quantitative estimate of drug-likeness (QED) is 0.573. The molecule has 1 aromatic rings. The standard InChI is InChI=1S/C24H33NO3/c1-18(26)23(27)28-24(21-8-4-2-5-9-21,12-15-25-13-6-3-7-14-25)22-17-19-10-11-20(22)16-19/h2,4-5,8-11,18-20,22,26H,3,6-7,12-17H2,1H3/t18-,19-,20+,22-,24+/m0/s1. The third-order valence-corrected chi connectivity index (χ3v) is 7.01. The van der Waals surface area contributed by atoms with Crippen molar-refractivity contribution in [2.45, 2.75) is 57.2 Å². The molecule has 0 radical (unpaired) electrons. The highest BCUT2D eigenvalue weighted by atomic mass is 16.6. The van der Waals surface area contributed by atoms with Gasteiger partial charge in [-0.15, -0.1) is 0 Å². The zero-order chi connectivity index (χ0) is 19.6. The van der Waals surface area contributed by atoms with Gasteiger partial charge in [0.25, 0.3) is 0 Å². The maximum atomic E-state index is 12.6. The number of esters is 1. The molecule has 152 valence electrons. The first-order valence-corrected chi connectivity index (χ1v) is 11.0. The molecular formula is C24H33NO3. The first kappa shape index (κ1) is 19.7. The number of nitrogens with zero attached hydrogens (tertiary/aromatic N) is 1. The lowest BCUT2D eigenvalue weighted by Crippen LogP contribution is -2.46. The molecule has 3 aliphatic rings. The van der Waals surface area contributed by atoms with Crippen molar-refractivity contribution >= 4 is 5.97 Å². The summed E-state index contributed by atoms with van der Waals surface area (Å²) in [5, 5.41) is 9.92. The number of rotatable bonds is 7. The number of benzene rings is 1. The van der Waals surface area contributed by atoms with E-state index in [9.17, 15) is 9.90 Å². The normalized spacial score (nSPS) is 30.1. The molecule has 0 amide bonds. The van der Waals surface area contributed by atoms with E-state index in [-0.39, 0.29) is 5.92 Å². The van der Waals surface area contributed by atoms with Crippen LogP contribution in [0.25, 0.3) is 0 Å². The van der Waals surface area contributed by atoms with Crippen molar-refractivity contribution in [3.8, 4) is 0 Å². The van der Waals surface area contributed by atoms with Gasteiger partial charge in [-0.2, -0.15) is 0 Å². The second kappa shape index (κ2) is 8.38. The number of carbonyl (C=O) groups excluding carboxylic acids is 1. The van der Waals surface area contributed by atoms with Crippen LogP contribution in [0.2, 0.25) is 0 Å². The maximum Gasteiger partial charge on any atom is 0.335 e. The zero-order valence-corrected chi connectivity index (χ0v) is 16.9. The number of piperidine rings is 1. The van der Waals surface area contributed by atoms with E-state index in [1.54, 1.807) is 0 Å². The van der Waals surface area contributed by atoms with Crippen LogP contribution in [0.1, 0.15) is 51.0 Å². The lowest BCUT2D eigenvalue weighted by Gasteiger charge is -2.43. The number of hydrogen-bond donors (Lipinski definition) is 1. The third kappa shape index (κ3) is 3.90. The van der Waals surface area contributed by atoms with Crippen LogP contribution in [-0.2, 0) is 15.1 Å². The average molecular weight is 384 g/mol. The molecule has 2 aliphatic carbocycles. The number of ether oxygens (including phenoxy) is 1. The highest BCUT2D eigenvalue weighted by Crippen LogP contribution is 2.54. The number of fused-ring (bicyclic) bond motifs is 2. The van der Waals surface area contributed by atoms with Crippen molar-refractivity contribution in [3.63, 3.8) is 0 Å². The molecule has 1 aromatic carbocycles. The molecule has 4 nitrogen and oxygen atoms in total. The van der Waals surface area contributed by atoms with Crippen LogP contribution in [0.5, 0.6) is 0 Å². The van der Waals surface area contributed by atoms with Crippen LogP contribution in [0, 0.1) is 17.8 Å². The summed E-state index contributed by atoms with van der Waals surface area (Å²) in [6.45, 7) is 4.70. The Balaban J connectivity index is 1.67. The number of allylic oxidation sites excluding steroid dienone is 2. The number of hydrogen-bond acceptors (Lipinski definition) is 4. The predicted octanol–water partition coefficient (Wildman–Crippen LogP) is 3.89. The summed E-state index contributed by atoms with van der Waals surface area (Å²) in [5.74, 6) is 0.818. The van der Waals surface area contributed by atoms with E-state index < -0.39 is 17.7 Å². The summed E-state index contributed by atoms with van der Waals surface area (Å²) in [6.07, 6.45) is 10.4. The second-order valence-electron chi connectivity index (χ2n) is 8.89. The van der Waals surface area contributed by atoms with Gasteiger partial charge >= 0.3 is 5.97 Å². The van der Waals surface area contributed by atoms with E-state index in [1.807, 2.05) is 18.2 Å². The fourth-order valence-corrected chi connectivity index (χ4v) is 5.54. The Hall–Kier alpha value is -1.65. The fraction of sp³-hybridized carbons (Fsp3) is 0.625.